The van der Waals surface area contributed by atoms with Gasteiger partial charge in [-0.3, -0.25) is 4.79 Å². The summed E-state index contributed by atoms with van der Waals surface area (Å²) in [5, 5.41) is 8.56. The summed E-state index contributed by atoms with van der Waals surface area (Å²) < 4.78 is 7.26. The lowest BCUT2D eigenvalue weighted by Crippen LogP contribution is -2.47. The molecule has 3 heterocycles. The van der Waals surface area contributed by atoms with E-state index in [2.05, 4.69) is 40.5 Å². The smallest absolute Gasteiger partial charge is 0.276 e. The van der Waals surface area contributed by atoms with E-state index in [1.54, 1.807) is 0 Å². The van der Waals surface area contributed by atoms with Crippen molar-refractivity contribution >= 4 is 5.91 Å². The molecular formula is C19H25N5O2. The number of carbonyl (C=O) groups is 1. The lowest BCUT2D eigenvalue weighted by Gasteiger charge is -2.32. The number of fused-ring (bicyclic) bond motifs is 1. The number of ether oxygens (including phenoxy) is 1. The molecular weight excluding hydrogens is 330 g/mol. The van der Waals surface area contributed by atoms with Gasteiger partial charge in [0.2, 0.25) is 0 Å². The summed E-state index contributed by atoms with van der Waals surface area (Å²) in [5.74, 6) is -0.0610. The standard InChI is InChI=1S/C19H25N5O2/c1-13-12-26-10-9-23(13)19(25)18-14(2)24(21-20-18)17-6-4-5-15-11-22(3)8-7-16(15)17/h4-6,13H,7-12H2,1-3H3/t13-/m0/s1. The van der Waals surface area contributed by atoms with E-state index in [0.717, 1.165) is 30.9 Å². The Kier molecular flexibility index (Phi) is 4.50. The molecule has 1 aromatic carbocycles. The number of benzene rings is 1. The van der Waals surface area contributed by atoms with Crippen molar-refractivity contribution in [1.29, 1.82) is 0 Å². The van der Waals surface area contributed by atoms with Crippen LogP contribution in [0.3, 0.4) is 0 Å². The summed E-state index contributed by atoms with van der Waals surface area (Å²) >= 11 is 0. The average molecular weight is 355 g/mol. The van der Waals surface area contributed by atoms with Crippen LogP contribution in [0, 0.1) is 6.92 Å². The van der Waals surface area contributed by atoms with Crippen LogP contribution in [-0.2, 0) is 17.7 Å². The fraction of sp³-hybridized carbons (Fsp3) is 0.526. The van der Waals surface area contributed by atoms with Gasteiger partial charge >= 0.3 is 0 Å². The number of aromatic nitrogens is 3. The lowest BCUT2D eigenvalue weighted by molar-refractivity contribution is 0.00322. The number of amides is 1. The molecule has 2 aliphatic rings. The molecule has 0 spiro atoms. The third kappa shape index (κ3) is 2.91. The minimum atomic E-state index is -0.0610. The second-order valence-corrected chi connectivity index (χ2v) is 7.26. The number of hydrogen-bond donors (Lipinski definition) is 0. The summed E-state index contributed by atoms with van der Waals surface area (Å²) in [4.78, 5) is 17.1. The van der Waals surface area contributed by atoms with Crippen LogP contribution in [0.25, 0.3) is 5.69 Å². The van der Waals surface area contributed by atoms with E-state index in [-0.39, 0.29) is 11.9 Å². The zero-order valence-electron chi connectivity index (χ0n) is 15.6. The van der Waals surface area contributed by atoms with E-state index in [1.165, 1.54) is 11.1 Å². The van der Waals surface area contributed by atoms with Crippen LogP contribution in [-0.4, -0.2) is 70.1 Å². The van der Waals surface area contributed by atoms with Gasteiger partial charge in [0, 0.05) is 19.6 Å². The van der Waals surface area contributed by atoms with Crippen LogP contribution in [0.2, 0.25) is 0 Å². The SMILES string of the molecule is Cc1c(C(=O)N2CCOC[C@@H]2C)nnn1-c1cccc2c1CCN(C)C2. The highest BCUT2D eigenvalue weighted by Crippen LogP contribution is 2.26. The Morgan fingerprint density at radius 3 is 2.96 bits per heavy atom. The van der Waals surface area contributed by atoms with Gasteiger partial charge in [0.1, 0.15) is 0 Å². The highest BCUT2D eigenvalue weighted by atomic mass is 16.5. The molecule has 0 saturated carbocycles. The first-order valence-corrected chi connectivity index (χ1v) is 9.17. The van der Waals surface area contributed by atoms with Crippen molar-refractivity contribution in [3.8, 4) is 5.69 Å². The minimum Gasteiger partial charge on any atom is -0.377 e. The van der Waals surface area contributed by atoms with Crippen LogP contribution in [0.4, 0.5) is 0 Å². The topological polar surface area (TPSA) is 63.5 Å². The Labute approximate surface area is 153 Å². The van der Waals surface area contributed by atoms with E-state index in [9.17, 15) is 4.79 Å². The molecule has 1 aromatic heterocycles. The predicted molar refractivity (Wildman–Crippen MR) is 97.5 cm³/mol. The fourth-order valence-electron chi connectivity index (χ4n) is 3.85. The van der Waals surface area contributed by atoms with Gasteiger partial charge in [-0.2, -0.15) is 0 Å². The quantitative estimate of drug-likeness (QED) is 0.815. The molecule has 0 bridgehead atoms. The van der Waals surface area contributed by atoms with Crippen LogP contribution in [0.1, 0.15) is 34.2 Å². The molecule has 1 saturated heterocycles. The molecule has 2 aliphatic heterocycles. The third-order valence-corrected chi connectivity index (χ3v) is 5.39. The average Bonchev–Trinajstić information content (AvgIpc) is 3.02. The largest absolute Gasteiger partial charge is 0.377 e. The monoisotopic (exact) mass is 355 g/mol. The van der Waals surface area contributed by atoms with E-state index in [4.69, 9.17) is 4.74 Å². The molecule has 0 N–H and O–H groups in total. The molecule has 26 heavy (non-hydrogen) atoms. The van der Waals surface area contributed by atoms with Crippen LogP contribution in [0.15, 0.2) is 18.2 Å². The van der Waals surface area contributed by atoms with Gasteiger partial charge in [-0.1, -0.05) is 17.3 Å². The predicted octanol–water partition coefficient (Wildman–Crippen LogP) is 1.42. The van der Waals surface area contributed by atoms with Gasteiger partial charge in [-0.15, -0.1) is 5.10 Å². The molecule has 0 aliphatic carbocycles. The Morgan fingerprint density at radius 1 is 1.31 bits per heavy atom. The molecule has 7 nitrogen and oxygen atoms in total. The van der Waals surface area contributed by atoms with Crippen molar-refractivity contribution in [3.05, 3.63) is 40.7 Å². The van der Waals surface area contributed by atoms with Gasteiger partial charge in [0.05, 0.1) is 30.6 Å². The molecule has 1 atom stereocenters. The molecule has 138 valence electrons. The number of rotatable bonds is 2. The molecule has 1 amide bonds. The zero-order chi connectivity index (χ0) is 18.3. The summed E-state index contributed by atoms with van der Waals surface area (Å²) in [6.45, 7) is 7.62. The summed E-state index contributed by atoms with van der Waals surface area (Å²) in [6, 6.07) is 6.35. The van der Waals surface area contributed by atoms with Crippen molar-refractivity contribution < 1.29 is 9.53 Å². The highest BCUT2D eigenvalue weighted by molar-refractivity contribution is 5.93. The summed E-state index contributed by atoms with van der Waals surface area (Å²) in [7, 11) is 2.14. The molecule has 4 rings (SSSR count). The summed E-state index contributed by atoms with van der Waals surface area (Å²) in [6.07, 6.45) is 0.977. The number of likely N-dealkylation sites (N-methyl/N-ethyl adjacent to an activating group) is 1. The van der Waals surface area contributed by atoms with Gasteiger partial charge in [0.15, 0.2) is 5.69 Å². The van der Waals surface area contributed by atoms with Crippen LogP contribution < -0.4 is 0 Å². The van der Waals surface area contributed by atoms with Crippen molar-refractivity contribution in [3.63, 3.8) is 0 Å². The molecule has 1 fully saturated rings. The normalized spacial score (nSPS) is 20.9. The maximum Gasteiger partial charge on any atom is 0.276 e. The minimum absolute atomic E-state index is 0.0563. The first kappa shape index (κ1) is 17.2. The molecule has 0 radical (unpaired) electrons. The van der Waals surface area contributed by atoms with E-state index < -0.39 is 0 Å². The van der Waals surface area contributed by atoms with E-state index in [1.807, 2.05) is 23.4 Å². The van der Waals surface area contributed by atoms with Gasteiger partial charge < -0.3 is 14.5 Å². The first-order valence-electron chi connectivity index (χ1n) is 9.17. The van der Waals surface area contributed by atoms with Crippen molar-refractivity contribution in [2.24, 2.45) is 0 Å². The van der Waals surface area contributed by atoms with Crippen molar-refractivity contribution in [2.45, 2.75) is 32.9 Å². The van der Waals surface area contributed by atoms with Crippen LogP contribution >= 0.6 is 0 Å². The van der Waals surface area contributed by atoms with E-state index >= 15 is 0 Å². The number of nitrogens with zero attached hydrogens (tertiary/aromatic N) is 5. The molecule has 0 unspecified atom stereocenters. The number of hydrogen-bond acceptors (Lipinski definition) is 5. The van der Waals surface area contributed by atoms with Gasteiger partial charge in [-0.25, -0.2) is 4.68 Å². The van der Waals surface area contributed by atoms with Crippen molar-refractivity contribution in [2.75, 3.05) is 33.4 Å². The Bertz CT molecular complexity index is 831. The lowest BCUT2D eigenvalue weighted by atomic mass is 9.98. The van der Waals surface area contributed by atoms with E-state index in [0.29, 0.717) is 25.5 Å². The maximum atomic E-state index is 13.0. The number of morpholine rings is 1. The second kappa shape index (κ2) is 6.81. The zero-order valence-corrected chi connectivity index (χ0v) is 15.6. The second-order valence-electron chi connectivity index (χ2n) is 7.26. The Morgan fingerprint density at radius 2 is 2.15 bits per heavy atom. The number of carbonyl (C=O) groups excluding carboxylic acids is 1. The first-order chi connectivity index (χ1) is 12.6. The Balaban J connectivity index is 1.68. The Hall–Kier alpha value is -2.25. The van der Waals surface area contributed by atoms with Gasteiger partial charge in [0.25, 0.3) is 5.91 Å². The third-order valence-electron chi connectivity index (χ3n) is 5.39. The van der Waals surface area contributed by atoms with Crippen molar-refractivity contribution in [1.82, 2.24) is 24.8 Å². The van der Waals surface area contributed by atoms with Gasteiger partial charge in [-0.05, 0) is 44.5 Å². The summed E-state index contributed by atoms with van der Waals surface area (Å²) in [5.41, 5.74) is 4.89. The molecule has 7 heteroatoms. The fourth-order valence-corrected chi connectivity index (χ4v) is 3.85. The maximum absolute atomic E-state index is 13.0. The van der Waals surface area contributed by atoms with Crippen LogP contribution in [0.5, 0.6) is 0 Å². The molecule has 2 aromatic rings. The highest BCUT2D eigenvalue weighted by Gasteiger charge is 2.29.